The van der Waals surface area contributed by atoms with Gasteiger partial charge < -0.3 is 24.8 Å². The molecule has 0 radical (unpaired) electrons. The topological polar surface area (TPSA) is 160 Å². The lowest BCUT2D eigenvalue weighted by Gasteiger charge is -2.41. The lowest BCUT2D eigenvalue weighted by atomic mass is 9.95. The van der Waals surface area contributed by atoms with Gasteiger partial charge in [-0.25, -0.2) is 4.39 Å². The minimum Gasteiger partial charge on any atom is -0.462 e. The van der Waals surface area contributed by atoms with Crippen molar-refractivity contribution in [3.63, 3.8) is 0 Å². The van der Waals surface area contributed by atoms with E-state index >= 15 is 4.39 Å². The molecule has 7 aliphatic rings. The number of aromatic nitrogens is 3. The number of fused-ring (bicyclic) bond motifs is 5. The third kappa shape index (κ3) is 8.80. The summed E-state index contributed by atoms with van der Waals surface area (Å²) in [5, 5.41) is 8.22. The molecule has 5 aromatic rings. The normalized spacial score (nSPS) is 25.3. The van der Waals surface area contributed by atoms with Crippen LogP contribution in [-0.2, 0) is 9.59 Å². The standard InChI is InChI=1S/C54H58FN11O5.ClH/c1-3-33-6-4-7-34-8-5-9-41(46(33)34)48-47(55)49-43(26-56-48)50(65-28-35-10-11-36(29-65)57-35)60-54(59-49)71-31-39-24-38(30-61(39)2)64-22-20-62(21-23-64)27-32-16-18-63(19-17-32)37-12-13-40-42(25-37)53(70)66(52(40)69)44-14-15-45(67)58-51(44)68;/h1,4-9,12-13,25-26,32,35-36,38-39,44,57H,10-11,14-24,27-31H2,2H3,(H,58,67,68);1H/t35?,36?,38-,39-,44?;/m0./s1. The van der Waals surface area contributed by atoms with Gasteiger partial charge in [-0.3, -0.25) is 44.2 Å². The highest BCUT2D eigenvalue weighted by atomic mass is 35.5. The molecule has 0 saturated carbocycles. The summed E-state index contributed by atoms with van der Waals surface area (Å²) in [5.41, 5.74) is 3.21. The number of piperidine rings is 2. The van der Waals surface area contributed by atoms with Crippen LogP contribution in [0, 0.1) is 24.1 Å². The highest BCUT2D eigenvalue weighted by molar-refractivity contribution is 6.23. The number of ether oxygens (including phenoxy) is 1. The van der Waals surface area contributed by atoms with Crippen LogP contribution in [0.3, 0.4) is 0 Å². The molecule has 3 unspecified atom stereocenters. The lowest BCUT2D eigenvalue weighted by molar-refractivity contribution is -0.136. The summed E-state index contributed by atoms with van der Waals surface area (Å²) >= 11 is 0. The van der Waals surface area contributed by atoms with Gasteiger partial charge in [-0.15, -0.1) is 18.8 Å². The van der Waals surface area contributed by atoms with E-state index in [4.69, 9.17) is 26.1 Å². The second-order valence-electron chi connectivity index (χ2n) is 20.6. The van der Waals surface area contributed by atoms with Crippen LogP contribution in [0.5, 0.6) is 6.01 Å². The second-order valence-corrected chi connectivity index (χ2v) is 20.6. The second kappa shape index (κ2) is 19.6. The Morgan fingerprint density at radius 1 is 0.833 bits per heavy atom. The lowest BCUT2D eigenvalue weighted by Crippen LogP contribution is -2.54. The van der Waals surface area contributed by atoms with Crippen molar-refractivity contribution in [3.8, 4) is 29.6 Å². The van der Waals surface area contributed by atoms with Gasteiger partial charge in [0.25, 0.3) is 11.8 Å². The molecule has 6 fully saturated rings. The molecule has 0 spiro atoms. The van der Waals surface area contributed by atoms with E-state index in [0.717, 1.165) is 119 Å². The zero-order valence-electron chi connectivity index (χ0n) is 40.4. The Hall–Kier alpha value is -6.29. The van der Waals surface area contributed by atoms with Crippen molar-refractivity contribution >= 4 is 69.2 Å². The number of carbonyl (C=O) groups is 4. The summed E-state index contributed by atoms with van der Waals surface area (Å²) in [6, 6.07) is 17.3. The summed E-state index contributed by atoms with van der Waals surface area (Å²) in [6.07, 6.45) is 13.1. The number of terminal acetylenes is 1. The summed E-state index contributed by atoms with van der Waals surface area (Å²) < 4.78 is 23.6. The van der Waals surface area contributed by atoms with Crippen LogP contribution in [0.15, 0.2) is 60.8 Å². The molecule has 2 bridgehead atoms. The summed E-state index contributed by atoms with van der Waals surface area (Å²) in [4.78, 5) is 78.6. The van der Waals surface area contributed by atoms with Crippen LogP contribution < -0.4 is 25.2 Å². The molecule has 0 aliphatic carbocycles. The predicted molar refractivity (Wildman–Crippen MR) is 274 cm³/mol. The number of pyridine rings is 1. The summed E-state index contributed by atoms with van der Waals surface area (Å²) in [7, 11) is 2.16. The van der Waals surface area contributed by atoms with E-state index < -0.39 is 29.6 Å². The molecular weight excluding hydrogens is 937 g/mol. The Bertz CT molecular complexity index is 3010. The molecule has 9 heterocycles. The molecule has 5 atom stereocenters. The van der Waals surface area contributed by atoms with Crippen molar-refractivity contribution < 1.29 is 28.3 Å². The molecule has 4 amide bonds. The smallest absolute Gasteiger partial charge is 0.319 e. The number of likely N-dealkylation sites (N-methyl/N-ethyl adjacent to an activating group) is 1. The number of imide groups is 2. The number of amides is 4. The molecule has 16 nitrogen and oxygen atoms in total. The number of nitrogens with one attached hydrogen (secondary N) is 2. The number of hydrogen-bond acceptors (Lipinski definition) is 14. The number of anilines is 2. The van der Waals surface area contributed by atoms with Gasteiger partial charge in [-0.05, 0) is 81.1 Å². The van der Waals surface area contributed by atoms with Gasteiger partial charge in [0.15, 0.2) is 5.82 Å². The number of benzene rings is 3. The fourth-order valence-corrected chi connectivity index (χ4v) is 12.5. The van der Waals surface area contributed by atoms with Gasteiger partial charge >= 0.3 is 6.01 Å². The van der Waals surface area contributed by atoms with Gasteiger partial charge in [0, 0.05) is 124 Å². The Balaban J connectivity index is 0.00000560. The Morgan fingerprint density at radius 3 is 2.33 bits per heavy atom. The van der Waals surface area contributed by atoms with Gasteiger partial charge in [-0.1, -0.05) is 36.3 Å². The van der Waals surface area contributed by atoms with E-state index in [1.165, 1.54) is 0 Å². The maximum atomic E-state index is 17.1. The maximum Gasteiger partial charge on any atom is 0.319 e. The molecule has 2 aromatic heterocycles. The molecule has 12 rings (SSSR count). The van der Waals surface area contributed by atoms with E-state index in [9.17, 15) is 19.2 Å². The first kappa shape index (κ1) is 48.0. The van der Waals surface area contributed by atoms with Crippen molar-refractivity contribution in [1.82, 2.24) is 45.2 Å². The van der Waals surface area contributed by atoms with Crippen LogP contribution in [0.1, 0.15) is 71.2 Å². The zero-order valence-corrected chi connectivity index (χ0v) is 41.2. The molecule has 374 valence electrons. The number of hydrogen-bond donors (Lipinski definition) is 2. The molecule has 3 aromatic carbocycles. The third-order valence-corrected chi connectivity index (χ3v) is 16.4. The molecular formula is C54H59ClFN11O5. The van der Waals surface area contributed by atoms with Crippen molar-refractivity contribution in [2.75, 3.05) is 88.9 Å². The van der Waals surface area contributed by atoms with Crippen molar-refractivity contribution in [3.05, 3.63) is 83.3 Å². The van der Waals surface area contributed by atoms with Crippen LogP contribution in [-0.4, -0.2) is 167 Å². The first-order valence-electron chi connectivity index (χ1n) is 25.3. The zero-order chi connectivity index (χ0) is 48.5. The first-order chi connectivity index (χ1) is 34.6. The summed E-state index contributed by atoms with van der Waals surface area (Å²) in [5.74, 6) is 1.52. The van der Waals surface area contributed by atoms with Gasteiger partial charge in [-0.2, -0.15) is 9.97 Å². The van der Waals surface area contributed by atoms with E-state index in [1.807, 2.05) is 42.5 Å². The molecule has 18 heteroatoms. The minimum atomic E-state index is -0.975. The van der Waals surface area contributed by atoms with Gasteiger partial charge in [0.05, 0.1) is 16.5 Å². The van der Waals surface area contributed by atoms with E-state index in [1.54, 1.807) is 18.3 Å². The van der Waals surface area contributed by atoms with Gasteiger partial charge in [0.2, 0.25) is 11.8 Å². The number of likely N-dealkylation sites (tertiary alicyclic amines) is 1. The minimum absolute atomic E-state index is 0. The first-order valence-corrected chi connectivity index (χ1v) is 25.3. The van der Waals surface area contributed by atoms with E-state index in [-0.39, 0.29) is 54.4 Å². The number of piperazine rings is 2. The Kier molecular flexibility index (Phi) is 13.1. The highest BCUT2D eigenvalue weighted by Gasteiger charge is 2.45. The van der Waals surface area contributed by atoms with Crippen molar-refractivity contribution in [1.29, 1.82) is 0 Å². The largest absolute Gasteiger partial charge is 0.462 e. The van der Waals surface area contributed by atoms with Crippen LogP contribution in [0.25, 0.3) is 32.9 Å². The molecule has 2 N–H and O–H groups in total. The number of rotatable bonds is 10. The van der Waals surface area contributed by atoms with Crippen molar-refractivity contribution in [2.24, 2.45) is 5.92 Å². The number of nitrogens with zero attached hydrogens (tertiary/aromatic N) is 9. The van der Waals surface area contributed by atoms with Crippen LogP contribution in [0.4, 0.5) is 15.9 Å². The fourth-order valence-electron chi connectivity index (χ4n) is 12.5. The fraction of sp³-hybridized carbons (Fsp3) is 0.463. The summed E-state index contributed by atoms with van der Waals surface area (Å²) in [6.45, 7) is 9.65. The number of carbonyl (C=O) groups excluding carboxylic acids is 4. The van der Waals surface area contributed by atoms with Crippen LogP contribution >= 0.6 is 12.4 Å². The Morgan fingerprint density at radius 2 is 1.58 bits per heavy atom. The van der Waals surface area contributed by atoms with Gasteiger partial charge in [0.1, 0.15) is 29.7 Å². The quantitative estimate of drug-likeness (QED) is 0.146. The third-order valence-electron chi connectivity index (χ3n) is 16.4. The molecule has 6 saturated heterocycles. The van der Waals surface area contributed by atoms with E-state index in [2.05, 4.69) is 48.1 Å². The molecule has 72 heavy (non-hydrogen) atoms. The SMILES string of the molecule is C#Cc1cccc2cccc(-c3ncc4c(N5CC6CCC(C5)N6)nc(OC[C@@H]5C[C@H](N6CCN(CC7CCN(c8ccc9c(c8)C(=O)N(C8CCC(=O)NC8=O)C9=O)CC7)CC6)CN5C)nc4c3F)c12.Cl. The average Bonchev–Trinajstić information content (AvgIpc) is 4.02. The average molecular weight is 997 g/mol. The van der Waals surface area contributed by atoms with E-state index in [0.29, 0.717) is 64.1 Å². The maximum absolute atomic E-state index is 17.1. The number of halogens is 2. The monoisotopic (exact) mass is 995 g/mol. The van der Waals surface area contributed by atoms with Crippen molar-refractivity contribution in [2.45, 2.75) is 75.2 Å². The Labute approximate surface area is 424 Å². The van der Waals surface area contributed by atoms with Crippen LogP contribution in [0.2, 0.25) is 0 Å². The predicted octanol–water partition coefficient (Wildman–Crippen LogP) is 4.71. The molecule has 7 aliphatic heterocycles. The highest BCUT2D eigenvalue weighted by Crippen LogP contribution is 2.38.